The van der Waals surface area contributed by atoms with E-state index in [1.165, 1.54) is 60.9 Å². The summed E-state index contributed by atoms with van der Waals surface area (Å²) in [6.45, 7) is 0. The minimum Gasteiger partial charge on any atom is -0.310 e. The Bertz CT molecular complexity index is 2280. The number of para-hydroxylation sites is 2. The van der Waals surface area contributed by atoms with Crippen LogP contribution in [0.2, 0.25) is 0 Å². The summed E-state index contributed by atoms with van der Waals surface area (Å²) >= 11 is 0. The lowest BCUT2D eigenvalue weighted by molar-refractivity contribution is 1.09. The molecule has 0 bridgehead atoms. The van der Waals surface area contributed by atoms with E-state index in [1.54, 1.807) is 0 Å². The quantitative estimate of drug-likeness (QED) is 0.194. The van der Waals surface area contributed by atoms with Crippen LogP contribution in [0.1, 0.15) is 11.1 Å². The van der Waals surface area contributed by atoms with Crippen LogP contribution >= 0.6 is 0 Å². The molecule has 47 heavy (non-hydrogen) atoms. The van der Waals surface area contributed by atoms with Gasteiger partial charge in [-0.05, 0) is 104 Å². The maximum absolute atomic E-state index is 2.41. The van der Waals surface area contributed by atoms with Crippen LogP contribution in [0.3, 0.4) is 0 Å². The first kappa shape index (κ1) is 27.2. The molecular formula is C45H32N2. The van der Waals surface area contributed by atoms with Crippen molar-refractivity contribution in [2.24, 2.45) is 0 Å². The summed E-state index contributed by atoms with van der Waals surface area (Å²) in [6.07, 6.45) is 0.953. The zero-order valence-electron chi connectivity index (χ0n) is 25.9. The number of hydrogen-bond acceptors (Lipinski definition) is 2. The summed E-state index contributed by atoms with van der Waals surface area (Å²) < 4.78 is 0. The van der Waals surface area contributed by atoms with Crippen molar-refractivity contribution >= 4 is 55.7 Å². The molecule has 0 spiro atoms. The number of nitrogens with zero attached hydrogens (tertiary/aromatic N) is 2. The van der Waals surface area contributed by atoms with Crippen molar-refractivity contribution in [3.8, 4) is 11.1 Å². The lowest BCUT2D eigenvalue weighted by atomic mass is 9.94. The molecular weight excluding hydrogens is 569 g/mol. The highest BCUT2D eigenvalue weighted by Gasteiger charge is 2.23. The highest BCUT2D eigenvalue weighted by atomic mass is 15.2. The van der Waals surface area contributed by atoms with Gasteiger partial charge in [0.2, 0.25) is 0 Å². The van der Waals surface area contributed by atoms with Crippen molar-refractivity contribution in [2.45, 2.75) is 6.42 Å². The van der Waals surface area contributed by atoms with E-state index in [1.807, 2.05) is 0 Å². The van der Waals surface area contributed by atoms with Crippen molar-refractivity contribution in [1.82, 2.24) is 0 Å². The zero-order valence-corrected chi connectivity index (χ0v) is 25.9. The van der Waals surface area contributed by atoms with Crippen molar-refractivity contribution in [3.05, 3.63) is 193 Å². The molecule has 0 N–H and O–H groups in total. The molecule has 0 unspecified atom stereocenters. The molecule has 0 atom stereocenters. The molecule has 1 heterocycles. The van der Waals surface area contributed by atoms with Crippen LogP contribution in [-0.4, -0.2) is 0 Å². The van der Waals surface area contributed by atoms with Gasteiger partial charge in [0.1, 0.15) is 0 Å². The van der Waals surface area contributed by atoms with Crippen molar-refractivity contribution in [2.75, 3.05) is 9.80 Å². The van der Waals surface area contributed by atoms with Gasteiger partial charge in [0, 0.05) is 40.5 Å². The summed E-state index contributed by atoms with van der Waals surface area (Å²) in [7, 11) is 0. The lowest BCUT2D eigenvalue weighted by Gasteiger charge is -2.33. The molecule has 1 aliphatic rings. The third-order valence-electron chi connectivity index (χ3n) is 9.39. The number of anilines is 6. The first-order chi connectivity index (χ1) is 23.3. The molecule has 0 aliphatic carbocycles. The standard InChI is InChI=1S/C45H32N2/c1-3-12-35-30-42(26-22-32(35)10-1)46(43-27-23-33-11-2-4-13-36(33)31-43)40-24-20-34(21-25-40)37-16-9-17-41(29-37)47-44-18-7-5-14-38(44)28-39-15-6-8-19-45(39)47/h1-27,29-31H,28H2. The van der Waals surface area contributed by atoms with Crippen LogP contribution in [-0.2, 0) is 6.42 Å². The molecule has 0 fully saturated rings. The minimum atomic E-state index is 0.953. The van der Waals surface area contributed by atoms with E-state index in [-0.39, 0.29) is 0 Å². The fraction of sp³-hybridized carbons (Fsp3) is 0.0222. The maximum atomic E-state index is 2.41. The van der Waals surface area contributed by atoms with E-state index in [9.17, 15) is 0 Å². The van der Waals surface area contributed by atoms with Gasteiger partial charge in [-0.2, -0.15) is 0 Å². The van der Waals surface area contributed by atoms with Gasteiger partial charge in [0.15, 0.2) is 0 Å². The Balaban J connectivity index is 1.12. The van der Waals surface area contributed by atoms with E-state index in [2.05, 4.69) is 192 Å². The second-order valence-corrected chi connectivity index (χ2v) is 12.3. The van der Waals surface area contributed by atoms with Gasteiger partial charge in [0.05, 0.1) is 0 Å². The highest BCUT2D eigenvalue weighted by molar-refractivity contribution is 5.93. The Morgan fingerprint density at radius 3 is 1.47 bits per heavy atom. The topological polar surface area (TPSA) is 6.48 Å². The van der Waals surface area contributed by atoms with Gasteiger partial charge in [-0.15, -0.1) is 0 Å². The third kappa shape index (κ3) is 4.92. The predicted octanol–water partition coefficient (Wildman–Crippen LogP) is 12.5. The molecule has 0 aromatic heterocycles. The smallest absolute Gasteiger partial charge is 0.0497 e. The van der Waals surface area contributed by atoms with E-state index >= 15 is 0 Å². The first-order valence-corrected chi connectivity index (χ1v) is 16.2. The highest BCUT2D eigenvalue weighted by Crippen LogP contribution is 2.45. The Labute approximate surface area is 275 Å². The molecule has 0 radical (unpaired) electrons. The van der Waals surface area contributed by atoms with Gasteiger partial charge in [-0.1, -0.05) is 121 Å². The molecule has 2 nitrogen and oxygen atoms in total. The van der Waals surface area contributed by atoms with Gasteiger partial charge in [-0.3, -0.25) is 0 Å². The fourth-order valence-corrected chi connectivity index (χ4v) is 7.08. The molecule has 1 aliphatic heterocycles. The Morgan fingerprint density at radius 2 is 0.872 bits per heavy atom. The van der Waals surface area contributed by atoms with Crippen molar-refractivity contribution < 1.29 is 0 Å². The lowest BCUT2D eigenvalue weighted by Crippen LogP contribution is -2.18. The SMILES string of the molecule is c1cc(-c2ccc(N(c3ccc4ccccc4c3)c3ccc4ccccc4c3)cc2)cc(N2c3ccccc3Cc3ccccc32)c1. The third-order valence-corrected chi connectivity index (χ3v) is 9.39. The molecule has 8 aromatic rings. The second-order valence-electron chi connectivity index (χ2n) is 12.3. The molecule has 9 rings (SSSR count). The average Bonchev–Trinajstić information content (AvgIpc) is 3.14. The fourth-order valence-electron chi connectivity index (χ4n) is 7.08. The van der Waals surface area contributed by atoms with Gasteiger partial charge < -0.3 is 9.80 Å². The Kier molecular flexibility index (Phi) is 6.57. The molecule has 222 valence electrons. The number of hydrogen-bond donors (Lipinski definition) is 0. The normalized spacial score (nSPS) is 12.1. The Hall–Kier alpha value is -6.12. The molecule has 8 aromatic carbocycles. The van der Waals surface area contributed by atoms with Crippen LogP contribution in [0.25, 0.3) is 32.7 Å². The number of rotatable bonds is 5. The summed E-state index contributed by atoms with van der Waals surface area (Å²) in [5.74, 6) is 0. The number of benzene rings is 8. The van der Waals surface area contributed by atoms with Gasteiger partial charge in [-0.25, -0.2) is 0 Å². The van der Waals surface area contributed by atoms with E-state index in [0.29, 0.717) is 0 Å². The van der Waals surface area contributed by atoms with Crippen molar-refractivity contribution in [1.29, 1.82) is 0 Å². The van der Waals surface area contributed by atoms with Crippen LogP contribution in [0.5, 0.6) is 0 Å². The Morgan fingerprint density at radius 1 is 0.362 bits per heavy atom. The molecule has 2 heteroatoms. The van der Waals surface area contributed by atoms with Crippen LogP contribution in [0.15, 0.2) is 182 Å². The molecule has 0 saturated carbocycles. The monoisotopic (exact) mass is 600 g/mol. The number of fused-ring (bicyclic) bond motifs is 4. The van der Waals surface area contributed by atoms with E-state index in [4.69, 9.17) is 0 Å². The zero-order chi connectivity index (χ0) is 31.2. The largest absolute Gasteiger partial charge is 0.310 e. The van der Waals surface area contributed by atoms with E-state index in [0.717, 1.165) is 23.5 Å². The van der Waals surface area contributed by atoms with Crippen LogP contribution < -0.4 is 9.80 Å². The van der Waals surface area contributed by atoms with E-state index < -0.39 is 0 Å². The summed E-state index contributed by atoms with van der Waals surface area (Å²) in [5, 5.41) is 4.93. The van der Waals surface area contributed by atoms with Gasteiger partial charge >= 0.3 is 0 Å². The predicted molar refractivity (Wildman–Crippen MR) is 199 cm³/mol. The summed E-state index contributed by atoms with van der Waals surface area (Å²) in [4.78, 5) is 4.77. The van der Waals surface area contributed by atoms with Gasteiger partial charge in [0.25, 0.3) is 0 Å². The second kappa shape index (κ2) is 11.3. The summed E-state index contributed by atoms with van der Waals surface area (Å²) in [6, 6.07) is 66.0. The molecule has 0 amide bonds. The molecule has 0 saturated heterocycles. The first-order valence-electron chi connectivity index (χ1n) is 16.2. The van der Waals surface area contributed by atoms with Crippen molar-refractivity contribution in [3.63, 3.8) is 0 Å². The maximum Gasteiger partial charge on any atom is 0.0497 e. The minimum absolute atomic E-state index is 0.953. The van der Waals surface area contributed by atoms with Crippen LogP contribution in [0.4, 0.5) is 34.1 Å². The summed E-state index contributed by atoms with van der Waals surface area (Å²) in [5.41, 5.74) is 12.1. The average molecular weight is 601 g/mol. The van der Waals surface area contributed by atoms with Crippen LogP contribution in [0, 0.1) is 0 Å².